The van der Waals surface area contributed by atoms with Crippen molar-refractivity contribution in [2.45, 2.75) is 84.9 Å². The van der Waals surface area contributed by atoms with Gasteiger partial charge in [-0.2, -0.15) is 0 Å². The maximum Gasteiger partial charge on any atom is 0.119 e. The summed E-state index contributed by atoms with van der Waals surface area (Å²) in [4.78, 5) is 0. The van der Waals surface area contributed by atoms with Crippen molar-refractivity contribution in [1.82, 2.24) is 5.32 Å². The Morgan fingerprint density at radius 2 is 1.87 bits per heavy atom. The van der Waals surface area contributed by atoms with Crippen molar-refractivity contribution in [3.05, 3.63) is 29.8 Å². The summed E-state index contributed by atoms with van der Waals surface area (Å²) in [5.41, 5.74) is 1.60. The third-order valence-electron chi connectivity index (χ3n) is 4.96. The van der Waals surface area contributed by atoms with Gasteiger partial charge >= 0.3 is 0 Å². The van der Waals surface area contributed by atoms with Crippen molar-refractivity contribution in [3.8, 4) is 5.75 Å². The molecule has 23 heavy (non-hydrogen) atoms. The molecule has 0 unspecified atom stereocenters. The number of aryl methyl sites for hydroxylation is 1. The van der Waals surface area contributed by atoms with Crippen molar-refractivity contribution >= 4 is 0 Å². The van der Waals surface area contributed by atoms with Crippen LogP contribution >= 0.6 is 0 Å². The Bertz CT molecular complexity index is 483. The zero-order chi connectivity index (χ0) is 17.0. The second kappa shape index (κ2) is 7.70. The highest BCUT2D eigenvalue weighted by Crippen LogP contribution is 2.28. The summed E-state index contributed by atoms with van der Waals surface area (Å²) < 4.78 is 6.15. The van der Waals surface area contributed by atoms with Crippen LogP contribution in [0.4, 0.5) is 0 Å². The highest BCUT2D eigenvalue weighted by Gasteiger charge is 2.33. The lowest BCUT2D eigenvalue weighted by Gasteiger charge is -2.40. The average molecular weight is 318 g/mol. The summed E-state index contributed by atoms with van der Waals surface area (Å²) in [6, 6.07) is 9.30. The van der Waals surface area contributed by atoms with Gasteiger partial charge in [-0.25, -0.2) is 0 Å². The first-order chi connectivity index (χ1) is 10.7. The van der Waals surface area contributed by atoms with Crippen molar-refractivity contribution in [2.24, 2.45) is 11.8 Å². The van der Waals surface area contributed by atoms with E-state index in [0.717, 1.165) is 36.8 Å². The van der Waals surface area contributed by atoms with E-state index in [1.165, 1.54) is 12.0 Å². The molecular weight excluding hydrogens is 282 g/mol. The molecule has 1 saturated carbocycles. The molecule has 130 valence electrons. The molecule has 1 aromatic rings. The van der Waals surface area contributed by atoms with Crippen LogP contribution in [0.15, 0.2) is 24.3 Å². The minimum Gasteiger partial charge on any atom is -0.490 e. The zero-order valence-corrected chi connectivity index (χ0v) is 15.9. The van der Waals surface area contributed by atoms with Gasteiger partial charge in [-0.15, -0.1) is 0 Å². The van der Waals surface area contributed by atoms with Crippen LogP contribution < -0.4 is 10.1 Å². The van der Waals surface area contributed by atoms with E-state index in [2.05, 4.69) is 71.1 Å². The summed E-state index contributed by atoms with van der Waals surface area (Å²) in [7, 11) is 0. The summed E-state index contributed by atoms with van der Waals surface area (Å²) in [5, 5.41) is 3.65. The van der Waals surface area contributed by atoms with Gasteiger partial charge < -0.3 is 10.1 Å². The molecule has 2 heteroatoms. The van der Waals surface area contributed by atoms with Gasteiger partial charge in [-0.3, -0.25) is 0 Å². The van der Waals surface area contributed by atoms with Crippen LogP contribution in [0, 0.1) is 11.8 Å². The monoisotopic (exact) mass is 317 g/mol. The van der Waals surface area contributed by atoms with Crippen LogP contribution in [0.1, 0.15) is 66.4 Å². The molecule has 0 radical (unpaired) electrons. The molecule has 0 spiro atoms. The van der Waals surface area contributed by atoms with Crippen molar-refractivity contribution in [3.63, 3.8) is 0 Å². The first kappa shape index (κ1) is 18.3. The summed E-state index contributed by atoms with van der Waals surface area (Å²) >= 11 is 0. The standard InChI is InChI=1S/C21H35NO/c1-15(2)16(3)10-11-17-8-7-9-19(12-17)23-20-13-18(14-20)22-21(4,5)6/h7-9,12,15-16,18,20,22H,10-11,13-14H2,1-6H3/t16-,18?,20?/m0/s1. The van der Waals surface area contributed by atoms with Gasteiger partial charge in [0.2, 0.25) is 0 Å². The number of hydrogen-bond acceptors (Lipinski definition) is 2. The second-order valence-corrected chi connectivity index (χ2v) is 8.71. The Morgan fingerprint density at radius 1 is 1.17 bits per heavy atom. The predicted octanol–water partition coefficient (Wildman–Crippen LogP) is 5.21. The normalized spacial score (nSPS) is 22.7. The lowest BCUT2D eigenvalue weighted by molar-refractivity contribution is 0.0733. The van der Waals surface area contributed by atoms with E-state index in [1.54, 1.807) is 0 Å². The van der Waals surface area contributed by atoms with Gasteiger partial charge in [0.15, 0.2) is 0 Å². The summed E-state index contributed by atoms with van der Waals surface area (Å²) in [6.45, 7) is 13.6. The lowest BCUT2D eigenvalue weighted by atomic mass is 9.87. The van der Waals surface area contributed by atoms with Gasteiger partial charge in [0.25, 0.3) is 0 Å². The molecule has 2 nitrogen and oxygen atoms in total. The van der Waals surface area contributed by atoms with Crippen LogP contribution in [0.3, 0.4) is 0 Å². The van der Waals surface area contributed by atoms with E-state index in [0.29, 0.717) is 12.1 Å². The molecular formula is C21H35NO. The number of benzene rings is 1. The third-order valence-corrected chi connectivity index (χ3v) is 4.96. The molecule has 1 aliphatic rings. The molecule has 1 N–H and O–H groups in total. The van der Waals surface area contributed by atoms with Crippen LogP contribution in [-0.4, -0.2) is 17.7 Å². The van der Waals surface area contributed by atoms with E-state index in [9.17, 15) is 0 Å². The fourth-order valence-corrected chi connectivity index (χ4v) is 3.09. The molecule has 0 heterocycles. The smallest absolute Gasteiger partial charge is 0.119 e. The first-order valence-corrected chi connectivity index (χ1v) is 9.26. The minimum atomic E-state index is 0.197. The predicted molar refractivity (Wildman–Crippen MR) is 99.1 cm³/mol. The number of nitrogens with one attached hydrogen (secondary N) is 1. The molecule has 0 saturated heterocycles. The summed E-state index contributed by atoms with van der Waals surface area (Å²) in [5.74, 6) is 2.58. The molecule has 1 aliphatic carbocycles. The Hall–Kier alpha value is -1.02. The molecule has 0 amide bonds. The Balaban J connectivity index is 1.78. The Kier molecular flexibility index (Phi) is 6.13. The van der Waals surface area contributed by atoms with Gasteiger partial charge in [0.05, 0.1) is 0 Å². The maximum atomic E-state index is 6.15. The highest BCUT2D eigenvalue weighted by atomic mass is 16.5. The largest absolute Gasteiger partial charge is 0.490 e. The second-order valence-electron chi connectivity index (χ2n) is 8.71. The van der Waals surface area contributed by atoms with Crippen molar-refractivity contribution < 1.29 is 4.74 Å². The quantitative estimate of drug-likeness (QED) is 0.745. The zero-order valence-electron chi connectivity index (χ0n) is 15.9. The topological polar surface area (TPSA) is 21.3 Å². The molecule has 2 rings (SSSR count). The highest BCUT2D eigenvalue weighted by molar-refractivity contribution is 5.29. The summed E-state index contributed by atoms with van der Waals surface area (Å²) in [6.07, 6.45) is 5.01. The SMILES string of the molecule is CC(C)[C@@H](C)CCc1cccc(OC2CC(NC(C)(C)C)C2)c1. The molecule has 0 bridgehead atoms. The average Bonchev–Trinajstić information content (AvgIpc) is 2.41. The number of rotatable bonds is 7. The fraction of sp³-hybridized carbons (Fsp3) is 0.714. The van der Waals surface area contributed by atoms with E-state index in [1.807, 2.05) is 0 Å². The van der Waals surface area contributed by atoms with Crippen LogP contribution in [-0.2, 0) is 6.42 Å². The van der Waals surface area contributed by atoms with Gasteiger partial charge in [0.1, 0.15) is 11.9 Å². The Labute approximate surface area is 143 Å². The fourth-order valence-electron chi connectivity index (χ4n) is 3.09. The van der Waals surface area contributed by atoms with Crippen LogP contribution in [0.25, 0.3) is 0 Å². The first-order valence-electron chi connectivity index (χ1n) is 9.26. The lowest BCUT2D eigenvalue weighted by Crippen LogP contribution is -2.53. The van der Waals surface area contributed by atoms with Gasteiger partial charge in [0, 0.05) is 11.6 Å². The minimum absolute atomic E-state index is 0.197. The third kappa shape index (κ3) is 6.18. The van der Waals surface area contributed by atoms with E-state index < -0.39 is 0 Å². The number of hydrogen-bond donors (Lipinski definition) is 1. The van der Waals surface area contributed by atoms with Crippen LogP contribution in [0.5, 0.6) is 5.75 Å². The van der Waals surface area contributed by atoms with Crippen LogP contribution in [0.2, 0.25) is 0 Å². The van der Waals surface area contributed by atoms with E-state index >= 15 is 0 Å². The van der Waals surface area contributed by atoms with Gasteiger partial charge in [-0.05, 0) is 76.0 Å². The van der Waals surface area contributed by atoms with E-state index in [4.69, 9.17) is 4.74 Å². The molecule has 1 atom stereocenters. The number of ether oxygens (including phenoxy) is 1. The molecule has 1 aromatic carbocycles. The molecule has 1 fully saturated rings. The molecule has 0 aromatic heterocycles. The Morgan fingerprint density at radius 3 is 2.48 bits per heavy atom. The maximum absolute atomic E-state index is 6.15. The molecule has 0 aliphatic heterocycles. The van der Waals surface area contributed by atoms with Crippen molar-refractivity contribution in [2.75, 3.05) is 0 Å². The van der Waals surface area contributed by atoms with E-state index in [-0.39, 0.29) is 5.54 Å². The van der Waals surface area contributed by atoms with Crippen molar-refractivity contribution in [1.29, 1.82) is 0 Å². The van der Waals surface area contributed by atoms with Gasteiger partial charge in [-0.1, -0.05) is 32.9 Å².